The first-order valence-electron chi connectivity index (χ1n) is 8.92. The fraction of sp³-hybridized carbons (Fsp3) is 0.200. The van der Waals surface area contributed by atoms with Crippen molar-refractivity contribution >= 4 is 51.0 Å². The summed E-state index contributed by atoms with van der Waals surface area (Å²) in [7, 11) is 0. The van der Waals surface area contributed by atoms with Crippen LogP contribution in [0.15, 0.2) is 58.8 Å². The molecule has 1 aromatic carbocycles. The average Bonchev–Trinajstić information content (AvgIpc) is 3.09. The second-order valence-corrected chi connectivity index (χ2v) is 8.49. The van der Waals surface area contributed by atoms with Crippen LogP contribution in [0.5, 0.6) is 5.75 Å². The van der Waals surface area contributed by atoms with Crippen molar-refractivity contribution in [2.45, 2.75) is 25.2 Å². The molecule has 10 heteroatoms. The third-order valence-electron chi connectivity index (χ3n) is 3.93. The Labute approximate surface area is 192 Å². The number of allylic oxidation sites excluding steroid dienone is 1. The van der Waals surface area contributed by atoms with Crippen molar-refractivity contribution in [2.24, 2.45) is 0 Å². The zero-order chi connectivity index (χ0) is 21.5. The van der Waals surface area contributed by atoms with Gasteiger partial charge in [-0.3, -0.25) is 9.36 Å². The van der Waals surface area contributed by atoms with E-state index in [2.05, 4.69) is 43.0 Å². The van der Waals surface area contributed by atoms with Gasteiger partial charge in [-0.25, -0.2) is 4.98 Å². The van der Waals surface area contributed by atoms with Crippen molar-refractivity contribution in [1.29, 1.82) is 0 Å². The van der Waals surface area contributed by atoms with Crippen molar-refractivity contribution < 1.29 is 9.53 Å². The number of hydrogen-bond acceptors (Lipinski definition) is 6. The highest BCUT2D eigenvalue weighted by Crippen LogP contribution is 2.24. The number of ether oxygens (including phenoxy) is 1. The first-order chi connectivity index (χ1) is 14.5. The summed E-state index contributed by atoms with van der Waals surface area (Å²) in [5, 5.41) is 12.4. The molecule has 7 nitrogen and oxygen atoms in total. The number of thioether (sulfide) groups is 1. The van der Waals surface area contributed by atoms with E-state index >= 15 is 0 Å². The van der Waals surface area contributed by atoms with Gasteiger partial charge in [0, 0.05) is 22.2 Å². The van der Waals surface area contributed by atoms with Gasteiger partial charge in [0.15, 0.2) is 11.0 Å². The van der Waals surface area contributed by atoms with Gasteiger partial charge >= 0.3 is 0 Å². The molecule has 0 spiro atoms. The topological polar surface area (TPSA) is 81.9 Å². The Balaban J connectivity index is 1.62. The maximum Gasteiger partial charge on any atom is 0.236 e. The van der Waals surface area contributed by atoms with Gasteiger partial charge in [-0.2, -0.15) is 0 Å². The summed E-state index contributed by atoms with van der Waals surface area (Å²) in [6.45, 7) is 6.45. The van der Waals surface area contributed by atoms with E-state index in [1.807, 2.05) is 29.7 Å². The molecule has 1 amide bonds. The molecule has 0 saturated carbocycles. The molecule has 0 atom stereocenters. The van der Waals surface area contributed by atoms with Crippen molar-refractivity contribution in [3.05, 3.63) is 70.1 Å². The zero-order valence-electron chi connectivity index (χ0n) is 16.1. The number of pyridine rings is 1. The van der Waals surface area contributed by atoms with Gasteiger partial charge in [0.05, 0.1) is 5.75 Å². The summed E-state index contributed by atoms with van der Waals surface area (Å²) >= 11 is 10.6. The Kier molecular flexibility index (Phi) is 7.89. The molecule has 30 heavy (non-hydrogen) atoms. The van der Waals surface area contributed by atoms with E-state index in [-0.39, 0.29) is 18.3 Å². The SMILES string of the molecule is C=CCn1c(COc2ccc(Cl)cc2C)nnc1SCC(=O)Nc1ccc(Br)cn1. The number of nitrogens with one attached hydrogen (secondary N) is 1. The van der Waals surface area contributed by atoms with Crippen molar-refractivity contribution in [1.82, 2.24) is 19.7 Å². The number of aromatic nitrogens is 4. The van der Waals surface area contributed by atoms with E-state index in [9.17, 15) is 4.79 Å². The van der Waals surface area contributed by atoms with Gasteiger partial charge in [-0.05, 0) is 58.7 Å². The minimum atomic E-state index is -0.183. The molecule has 0 radical (unpaired) electrons. The molecule has 0 bridgehead atoms. The molecular weight excluding hydrogens is 490 g/mol. The van der Waals surface area contributed by atoms with Gasteiger partial charge in [-0.1, -0.05) is 29.4 Å². The monoisotopic (exact) mass is 507 g/mol. The molecule has 2 heterocycles. The second kappa shape index (κ2) is 10.6. The highest BCUT2D eigenvalue weighted by molar-refractivity contribution is 9.10. The van der Waals surface area contributed by atoms with Crippen LogP contribution in [0.2, 0.25) is 5.02 Å². The van der Waals surface area contributed by atoms with Crippen molar-refractivity contribution in [3.63, 3.8) is 0 Å². The largest absolute Gasteiger partial charge is 0.485 e. The predicted molar refractivity (Wildman–Crippen MR) is 122 cm³/mol. The van der Waals surface area contributed by atoms with E-state index < -0.39 is 0 Å². The van der Waals surface area contributed by atoms with E-state index in [0.717, 1.165) is 15.8 Å². The summed E-state index contributed by atoms with van der Waals surface area (Å²) in [6.07, 6.45) is 3.37. The van der Waals surface area contributed by atoms with E-state index in [1.165, 1.54) is 11.8 Å². The van der Waals surface area contributed by atoms with Gasteiger partial charge in [0.1, 0.15) is 18.2 Å². The predicted octanol–water partition coefficient (Wildman–Crippen LogP) is 4.89. The number of amides is 1. The minimum Gasteiger partial charge on any atom is -0.485 e. The molecule has 0 aliphatic rings. The van der Waals surface area contributed by atoms with Crippen LogP contribution in [-0.2, 0) is 17.9 Å². The van der Waals surface area contributed by atoms with Crippen molar-refractivity contribution in [3.8, 4) is 5.75 Å². The molecule has 0 aliphatic carbocycles. The zero-order valence-corrected chi connectivity index (χ0v) is 19.3. The number of halogens is 2. The molecule has 0 aliphatic heterocycles. The summed E-state index contributed by atoms with van der Waals surface area (Å²) in [5.74, 6) is 1.84. The lowest BCUT2D eigenvalue weighted by molar-refractivity contribution is -0.113. The minimum absolute atomic E-state index is 0.171. The Hall–Kier alpha value is -2.36. The highest BCUT2D eigenvalue weighted by Gasteiger charge is 2.15. The molecule has 1 N–H and O–H groups in total. The molecular formula is C20H19BrClN5O2S. The number of anilines is 1. The lowest BCUT2D eigenvalue weighted by Crippen LogP contribution is -2.15. The smallest absolute Gasteiger partial charge is 0.236 e. The lowest BCUT2D eigenvalue weighted by atomic mass is 10.2. The molecule has 0 fully saturated rings. The third-order valence-corrected chi connectivity index (χ3v) is 5.60. The van der Waals surface area contributed by atoms with Gasteiger partial charge < -0.3 is 10.1 Å². The van der Waals surface area contributed by atoms with Gasteiger partial charge in [0.25, 0.3) is 0 Å². The molecule has 0 saturated heterocycles. The van der Waals surface area contributed by atoms with Gasteiger partial charge in [0.2, 0.25) is 5.91 Å². The lowest BCUT2D eigenvalue weighted by Gasteiger charge is -2.11. The second-order valence-electron chi connectivity index (χ2n) is 6.20. The summed E-state index contributed by atoms with van der Waals surface area (Å²) < 4.78 is 8.59. The number of benzene rings is 1. The molecule has 2 aromatic heterocycles. The number of rotatable bonds is 9. The van der Waals surface area contributed by atoms with Crippen LogP contribution in [-0.4, -0.2) is 31.4 Å². The fourth-order valence-corrected chi connectivity index (χ4v) is 3.75. The molecule has 0 unspecified atom stereocenters. The molecule has 156 valence electrons. The van der Waals surface area contributed by atoms with Crippen LogP contribution in [0.25, 0.3) is 0 Å². The maximum absolute atomic E-state index is 12.2. The Bertz CT molecular complexity index is 1040. The van der Waals surface area contributed by atoms with Crippen LogP contribution < -0.4 is 10.1 Å². The van der Waals surface area contributed by atoms with Crippen LogP contribution in [0.1, 0.15) is 11.4 Å². The number of carbonyl (C=O) groups excluding carboxylic acids is 1. The van der Waals surface area contributed by atoms with E-state index in [1.54, 1.807) is 24.4 Å². The van der Waals surface area contributed by atoms with Crippen LogP contribution in [0.3, 0.4) is 0 Å². The van der Waals surface area contributed by atoms with Gasteiger partial charge in [-0.15, -0.1) is 16.8 Å². The quantitative estimate of drug-likeness (QED) is 0.327. The number of hydrogen-bond donors (Lipinski definition) is 1. The Morgan fingerprint density at radius 2 is 2.20 bits per heavy atom. The first-order valence-corrected chi connectivity index (χ1v) is 11.1. The Morgan fingerprint density at radius 3 is 2.90 bits per heavy atom. The maximum atomic E-state index is 12.2. The highest BCUT2D eigenvalue weighted by atomic mass is 79.9. The van der Waals surface area contributed by atoms with Crippen molar-refractivity contribution in [2.75, 3.05) is 11.1 Å². The Morgan fingerprint density at radius 1 is 1.37 bits per heavy atom. The molecule has 3 aromatic rings. The van der Waals surface area contributed by atoms with Crippen LogP contribution in [0.4, 0.5) is 5.82 Å². The summed E-state index contributed by atoms with van der Waals surface area (Å²) in [6, 6.07) is 8.97. The number of carbonyl (C=O) groups is 1. The number of aryl methyl sites for hydroxylation is 1. The third kappa shape index (κ3) is 6.07. The summed E-state index contributed by atoms with van der Waals surface area (Å²) in [4.78, 5) is 16.4. The average molecular weight is 509 g/mol. The van der Waals surface area contributed by atoms with Crippen LogP contribution in [0, 0.1) is 6.92 Å². The summed E-state index contributed by atoms with van der Waals surface area (Å²) in [5.41, 5.74) is 0.935. The van der Waals surface area contributed by atoms with E-state index in [4.69, 9.17) is 16.3 Å². The van der Waals surface area contributed by atoms with Crippen LogP contribution >= 0.6 is 39.3 Å². The van der Waals surface area contributed by atoms with E-state index in [0.29, 0.717) is 28.4 Å². The first kappa shape index (κ1) is 22.3. The fourth-order valence-electron chi connectivity index (χ4n) is 2.52. The number of nitrogens with zero attached hydrogens (tertiary/aromatic N) is 4. The standard InChI is InChI=1S/C20H19BrClN5O2S/c1-3-8-27-18(11-29-16-6-5-15(22)9-13(16)2)25-26-20(27)30-12-19(28)24-17-7-4-14(21)10-23-17/h3-7,9-10H,1,8,11-12H2,2H3,(H,23,24,28). The normalized spacial score (nSPS) is 10.6. The molecule has 3 rings (SSSR count).